The van der Waals surface area contributed by atoms with E-state index in [4.69, 9.17) is 5.73 Å². The van der Waals surface area contributed by atoms with Gasteiger partial charge in [0.1, 0.15) is 0 Å². The zero-order valence-corrected chi connectivity index (χ0v) is 11.5. The number of nitrogens with two attached hydrogens (primary N) is 1. The van der Waals surface area contributed by atoms with Crippen molar-refractivity contribution in [1.29, 1.82) is 0 Å². The maximum atomic E-state index is 11.6. The summed E-state index contributed by atoms with van der Waals surface area (Å²) in [6, 6.07) is 5.83. The molecule has 0 aliphatic rings. The molecule has 0 radical (unpaired) electrons. The number of aromatic nitrogens is 1. The fourth-order valence-electron chi connectivity index (χ4n) is 2.33. The largest absolute Gasteiger partial charge is 0.329 e. The van der Waals surface area contributed by atoms with Crippen LogP contribution in [0.25, 0.3) is 0 Å². The van der Waals surface area contributed by atoms with Crippen molar-refractivity contribution in [2.45, 2.75) is 39.3 Å². The molecule has 0 spiro atoms. The van der Waals surface area contributed by atoms with E-state index in [0.29, 0.717) is 12.6 Å². The minimum absolute atomic E-state index is 0.0646. The van der Waals surface area contributed by atoms with Gasteiger partial charge in [-0.2, -0.15) is 0 Å². The Morgan fingerprint density at radius 2 is 2.00 bits per heavy atom. The Morgan fingerprint density at radius 3 is 2.56 bits per heavy atom. The molecular formula is C14H25N3O. The minimum Gasteiger partial charge on any atom is -0.329 e. The van der Waals surface area contributed by atoms with E-state index in [9.17, 15) is 4.79 Å². The second kappa shape index (κ2) is 8.06. The summed E-state index contributed by atoms with van der Waals surface area (Å²) in [5.41, 5.74) is 5.73. The summed E-state index contributed by atoms with van der Waals surface area (Å²) in [6.07, 6.45) is 4.09. The second-order valence-corrected chi connectivity index (χ2v) is 4.53. The Hall–Kier alpha value is -1.13. The number of nitrogens with zero attached hydrogens (tertiary/aromatic N) is 2. The quantitative estimate of drug-likeness (QED) is 0.757. The molecule has 0 fully saturated rings. The molecule has 1 heterocycles. The third kappa shape index (κ3) is 4.27. The molecular weight excluding hydrogens is 226 g/mol. The van der Waals surface area contributed by atoms with Crippen molar-refractivity contribution < 1.29 is 0 Å². The zero-order valence-electron chi connectivity index (χ0n) is 11.5. The molecule has 4 nitrogen and oxygen atoms in total. The van der Waals surface area contributed by atoms with Gasteiger partial charge >= 0.3 is 0 Å². The van der Waals surface area contributed by atoms with E-state index in [-0.39, 0.29) is 5.56 Å². The molecule has 0 aliphatic heterocycles. The molecule has 1 aromatic rings. The highest BCUT2D eigenvalue weighted by atomic mass is 16.1. The molecule has 0 aromatic carbocycles. The van der Waals surface area contributed by atoms with Gasteiger partial charge in [0.25, 0.3) is 5.56 Å². The molecule has 0 unspecified atom stereocenters. The lowest BCUT2D eigenvalue weighted by Crippen LogP contribution is -2.41. The molecule has 1 rings (SSSR count). The van der Waals surface area contributed by atoms with Gasteiger partial charge in [0.2, 0.25) is 0 Å². The van der Waals surface area contributed by atoms with Crippen LogP contribution in [-0.4, -0.2) is 35.1 Å². The van der Waals surface area contributed by atoms with Crippen LogP contribution in [0.3, 0.4) is 0 Å². The number of hydrogen-bond acceptors (Lipinski definition) is 3. The Bertz CT molecular complexity index is 385. The standard InChI is InChI=1S/C14H25N3O/c1-3-13(4-2)16(10-8-15)11-12-17-9-6-5-7-14(17)18/h5-7,9,13H,3-4,8,10-12,15H2,1-2H3. The van der Waals surface area contributed by atoms with E-state index in [2.05, 4.69) is 18.7 Å². The van der Waals surface area contributed by atoms with Crippen molar-refractivity contribution in [2.75, 3.05) is 19.6 Å². The first kappa shape index (κ1) is 14.9. The molecule has 0 saturated heterocycles. The summed E-state index contributed by atoms with van der Waals surface area (Å²) in [5, 5.41) is 0. The summed E-state index contributed by atoms with van der Waals surface area (Å²) in [6.45, 7) is 7.58. The fraction of sp³-hybridized carbons (Fsp3) is 0.643. The Balaban J connectivity index is 2.62. The maximum absolute atomic E-state index is 11.6. The van der Waals surface area contributed by atoms with Gasteiger partial charge in [-0.25, -0.2) is 0 Å². The van der Waals surface area contributed by atoms with Crippen LogP contribution in [0, 0.1) is 0 Å². The number of pyridine rings is 1. The molecule has 0 aliphatic carbocycles. The lowest BCUT2D eigenvalue weighted by Gasteiger charge is -2.30. The highest BCUT2D eigenvalue weighted by Gasteiger charge is 2.13. The summed E-state index contributed by atoms with van der Waals surface area (Å²) in [4.78, 5) is 14.0. The van der Waals surface area contributed by atoms with Gasteiger partial charge in [0.05, 0.1) is 0 Å². The molecule has 18 heavy (non-hydrogen) atoms. The maximum Gasteiger partial charge on any atom is 0.250 e. The van der Waals surface area contributed by atoms with Gasteiger partial charge in [-0.05, 0) is 18.9 Å². The third-order valence-corrected chi connectivity index (χ3v) is 3.40. The van der Waals surface area contributed by atoms with Crippen molar-refractivity contribution in [3.05, 3.63) is 34.7 Å². The third-order valence-electron chi connectivity index (χ3n) is 3.40. The van der Waals surface area contributed by atoms with Gasteiger partial charge < -0.3 is 10.3 Å². The van der Waals surface area contributed by atoms with E-state index in [1.807, 2.05) is 12.3 Å². The summed E-state index contributed by atoms with van der Waals surface area (Å²) in [5.74, 6) is 0. The molecule has 0 atom stereocenters. The Labute approximate surface area is 109 Å². The van der Waals surface area contributed by atoms with Crippen LogP contribution < -0.4 is 11.3 Å². The average molecular weight is 251 g/mol. The van der Waals surface area contributed by atoms with E-state index >= 15 is 0 Å². The predicted octanol–water partition coefficient (Wildman–Crippen LogP) is 1.30. The first-order valence-corrected chi connectivity index (χ1v) is 6.82. The van der Waals surface area contributed by atoms with E-state index < -0.39 is 0 Å². The van der Waals surface area contributed by atoms with E-state index in [1.165, 1.54) is 0 Å². The molecule has 0 bridgehead atoms. The smallest absolute Gasteiger partial charge is 0.250 e. The fourth-order valence-corrected chi connectivity index (χ4v) is 2.33. The average Bonchev–Trinajstić information content (AvgIpc) is 2.39. The van der Waals surface area contributed by atoms with Crippen molar-refractivity contribution in [3.8, 4) is 0 Å². The highest BCUT2D eigenvalue weighted by molar-refractivity contribution is 4.93. The van der Waals surface area contributed by atoms with E-state index in [1.54, 1.807) is 16.7 Å². The first-order chi connectivity index (χ1) is 8.72. The van der Waals surface area contributed by atoms with E-state index in [0.717, 1.165) is 32.5 Å². The monoisotopic (exact) mass is 251 g/mol. The van der Waals surface area contributed by atoms with Crippen LogP contribution in [0.5, 0.6) is 0 Å². The SMILES string of the molecule is CCC(CC)N(CCN)CCn1ccccc1=O. The lowest BCUT2D eigenvalue weighted by molar-refractivity contribution is 0.183. The van der Waals surface area contributed by atoms with Crippen LogP contribution in [0.15, 0.2) is 29.2 Å². The lowest BCUT2D eigenvalue weighted by atomic mass is 10.1. The molecule has 102 valence electrons. The van der Waals surface area contributed by atoms with Crippen LogP contribution in [0.2, 0.25) is 0 Å². The van der Waals surface area contributed by atoms with Crippen LogP contribution >= 0.6 is 0 Å². The van der Waals surface area contributed by atoms with Crippen molar-refractivity contribution in [3.63, 3.8) is 0 Å². The predicted molar refractivity (Wildman–Crippen MR) is 75.7 cm³/mol. The topological polar surface area (TPSA) is 51.3 Å². The number of rotatable bonds is 8. The molecule has 0 saturated carbocycles. The van der Waals surface area contributed by atoms with Gasteiger partial charge in [-0.1, -0.05) is 19.9 Å². The molecule has 2 N–H and O–H groups in total. The van der Waals surface area contributed by atoms with Crippen molar-refractivity contribution in [2.24, 2.45) is 5.73 Å². The van der Waals surface area contributed by atoms with Gasteiger partial charge in [-0.3, -0.25) is 9.69 Å². The van der Waals surface area contributed by atoms with Crippen molar-refractivity contribution >= 4 is 0 Å². The van der Waals surface area contributed by atoms with Gasteiger partial charge in [-0.15, -0.1) is 0 Å². The van der Waals surface area contributed by atoms with Crippen molar-refractivity contribution in [1.82, 2.24) is 9.47 Å². The second-order valence-electron chi connectivity index (χ2n) is 4.53. The van der Waals surface area contributed by atoms with Crippen LogP contribution in [0.4, 0.5) is 0 Å². The summed E-state index contributed by atoms with van der Waals surface area (Å²) < 4.78 is 1.76. The normalized spacial score (nSPS) is 11.4. The first-order valence-electron chi connectivity index (χ1n) is 6.82. The molecule has 1 aromatic heterocycles. The minimum atomic E-state index is 0.0646. The Morgan fingerprint density at radius 1 is 1.28 bits per heavy atom. The van der Waals surface area contributed by atoms with Crippen LogP contribution in [0.1, 0.15) is 26.7 Å². The number of hydrogen-bond donors (Lipinski definition) is 1. The summed E-state index contributed by atoms with van der Waals surface area (Å²) in [7, 11) is 0. The van der Waals surface area contributed by atoms with Crippen LogP contribution in [-0.2, 0) is 6.54 Å². The van der Waals surface area contributed by atoms with Gasteiger partial charge in [0.15, 0.2) is 0 Å². The highest BCUT2D eigenvalue weighted by Crippen LogP contribution is 2.07. The summed E-state index contributed by atoms with van der Waals surface area (Å²) >= 11 is 0. The molecule has 4 heteroatoms. The molecule has 0 amide bonds. The Kier molecular flexibility index (Phi) is 6.68. The zero-order chi connectivity index (χ0) is 13.4. The van der Waals surface area contributed by atoms with Gasteiger partial charge in [0, 0.05) is 44.5 Å².